The van der Waals surface area contributed by atoms with Crippen molar-refractivity contribution in [1.29, 1.82) is 0 Å². The Balaban J connectivity index is 2.40. The number of aryl methyl sites for hydroxylation is 1. The van der Waals surface area contributed by atoms with Gasteiger partial charge in [0.15, 0.2) is 0 Å². The van der Waals surface area contributed by atoms with Gasteiger partial charge in [0.1, 0.15) is 11.5 Å². The quantitative estimate of drug-likeness (QED) is 0.606. The van der Waals surface area contributed by atoms with Gasteiger partial charge in [0.05, 0.1) is 5.39 Å². The number of aromatic amines is 1. The van der Waals surface area contributed by atoms with Gasteiger partial charge in [-0.3, -0.25) is 0 Å². The Morgan fingerprint density at radius 2 is 1.78 bits per heavy atom. The molecule has 0 unspecified atom stereocenters. The van der Waals surface area contributed by atoms with Crippen LogP contribution in [0.2, 0.25) is 0 Å². The maximum absolute atomic E-state index is 5.96. The number of hydrogen-bond acceptors (Lipinski definition) is 4. The summed E-state index contributed by atoms with van der Waals surface area (Å²) in [6.45, 7) is 1.99. The lowest BCUT2D eigenvalue weighted by atomic mass is 10.0. The summed E-state index contributed by atoms with van der Waals surface area (Å²) in [5.74, 6) is 0.585. The van der Waals surface area contributed by atoms with E-state index in [-0.39, 0.29) is 5.95 Å². The van der Waals surface area contributed by atoms with E-state index in [1.165, 1.54) is 0 Å². The summed E-state index contributed by atoms with van der Waals surface area (Å²) in [5, 5.41) is 0.827. The van der Waals surface area contributed by atoms with E-state index in [1.807, 2.05) is 37.3 Å². The van der Waals surface area contributed by atoms with Crippen LogP contribution in [0.4, 0.5) is 11.8 Å². The van der Waals surface area contributed by atoms with Gasteiger partial charge in [0, 0.05) is 11.3 Å². The molecule has 0 aliphatic heterocycles. The van der Waals surface area contributed by atoms with E-state index in [4.69, 9.17) is 11.5 Å². The molecule has 0 bridgehead atoms. The lowest BCUT2D eigenvalue weighted by molar-refractivity contribution is 1.20. The number of fused-ring (bicyclic) bond motifs is 1. The fourth-order valence-corrected chi connectivity index (χ4v) is 2.23. The van der Waals surface area contributed by atoms with E-state index in [9.17, 15) is 0 Å². The van der Waals surface area contributed by atoms with Gasteiger partial charge in [-0.15, -0.1) is 0 Å². The van der Waals surface area contributed by atoms with Gasteiger partial charge < -0.3 is 16.5 Å². The lowest BCUT2D eigenvalue weighted by Crippen LogP contribution is -1.99. The SMILES string of the molecule is Cc1[nH]c2nc(N)nc(N)c2c1-c1ccccc1. The molecule has 0 fully saturated rings. The fraction of sp³-hybridized carbons (Fsp3) is 0.0769. The van der Waals surface area contributed by atoms with E-state index in [0.29, 0.717) is 11.5 Å². The van der Waals surface area contributed by atoms with Crippen molar-refractivity contribution in [2.75, 3.05) is 11.5 Å². The molecule has 0 amide bonds. The molecule has 5 heteroatoms. The monoisotopic (exact) mass is 239 g/mol. The minimum absolute atomic E-state index is 0.181. The third kappa shape index (κ3) is 1.48. The Hall–Kier alpha value is -2.56. The fourth-order valence-electron chi connectivity index (χ4n) is 2.23. The highest BCUT2D eigenvalue weighted by Gasteiger charge is 2.15. The first-order chi connectivity index (χ1) is 8.66. The standard InChI is InChI=1S/C13H13N5/c1-7-9(8-5-3-2-4-6-8)10-11(14)17-13(15)18-12(10)16-7/h2-6H,1H3,(H5,14,15,16,17,18). The van der Waals surface area contributed by atoms with E-state index in [0.717, 1.165) is 22.2 Å². The molecule has 2 aromatic heterocycles. The topological polar surface area (TPSA) is 93.6 Å². The predicted octanol–water partition coefficient (Wildman–Crippen LogP) is 2.10. The molecule has 5 N–H and O–H groups in total. The summed E-state index contributed by atoms with van der Waals surface area (Å²) in [6.07, 6.45) is 0. The Labute approximate surface area is 104 Å². The van der Waals surface area contributed by atoms with Crippen LogP contribution in [-0.4, -0.2) is 15.0 Å². The summed E-state index contributed by atoms with van der Waals surface area (Å²) in [4.78, 5) is 11.4. The lowest BCUT2D eigenvalue weighted by Gasteiger charge is -2.03. The number of rotatable bonds is 1. The number of nitrogens with zero attached hydrogens (tertiary/aromatic N) is 2. The molecule has 2 heterocycles. The van der Waals surface area contributed by atoms with Crippen LogP contribution in [0.3, 0.4) is 0 Å². The summed E-state index contributed by atoms with van der Waals surface area (Å²) in [7, 11) is 0. The average Bonchev–Trinajstić information content (AvgIpc) is 2.66. The molecular formula is C13H13N5. The zero-order valence-corrected chi connectivity index (χ0v) is 9.94. The molecule has 90 valence electrons. The highest BCUT2D eigenvalue weighted by Crippen LogP contribution is 2.34. The molecule has 0 aliphatic carbocycles. The van der Waals surface area contributed by atoms with Gasteiger partial charge in [-0.05, 0) is 12.5 Å². The van der Waals surface area contributed by atoms with Crippen LogP contribution in [-0.2, 0) is 0 Å². The maximum atomic E-state index is 5.96. The summed E-state index contributed by atoms with van der Waals surface area (Å²) < 4.78 is 0. The molecule has 3 aromatic rings. The van der Waals surface area contributed by atoms with Gasteiger partial charge in [0.2, 0.25) is 5.95 Å². The number of hydrogen-bond donors (Lipinski definition) is 3. The van der Waals surface area contributed by atoms with Crippen LogP contribution in [0, 0.1) is 6.92 Å². The third-order valence-electron chi connectivity index (χ3n) is 2.95. The molecule has 0 aliphatic rings. The van der Waals surface area contributed by atoms with Crippen molar-refractivity contribution in [3.63, 3.8) is 0 Å². The van der Waals surface area contributed by atoms with Crippen LogP contribution < -0.4 is 11.5 Å². The molecule has 0 radical (unpaired) electrons. The summed E-state index contributed by atoms with van der Waals surface area (Å²) in [5.41, 5.74) is 15.4. The minimum Gasteiger partial charge on any atom is -0.383 e. The first-order valence-corrected chi connectivity index (χ1v) is 5.63. The molecule has 0 spiro atoms. The van der Waals surface area contributed by atoms with Crippen molar-refractivity contribution in [2.24, 2.45) is 0 Å². The maximum Gasteiger partial charge on any atom is 0.223 e. The van der Waals surface area contributed by atoms with Crippen LogP contribution in [0.15, 0.2) is 30.3 Å². The second kappa shape index (κ2) is 3.73. The van der Waals surface area contributed by atoms with Crippen molar-refractivity contribution in [2.45, 2.75) is 6.92 Å². The van der Waals surface area contributed by atoms with Crippen LogP contribution in [0.25, 0.3) is 22.2 Å². The number of H-pyrrole nitrogens is 1. The van der Waals surface area contributed by atoms with Crippen LogP contribution >= 0.6 is 0 Å². The third-order valence-corrected chi connectivity index (χ3v) is 2.95. The second-order valence-electron chi connectivity index (χ2n) is 4.18. The Morgan fingerprint density at radius 1 is 1.06 bits per heavy atom. The number of nitrogens with two attached hydrogens (primary N) is 2. The first-order valence-electron chi connectivity index (χ1n) is 5.63. The highest BCUT2D eigenvalue weighted by molar-refractivity contribution is 6.02. The molecular weight excluding hydrogens is 226 g/mol. The molecule has 18 heavy (non-hydrogen) atoms. The zero-order chi connectivity index (χ0) is 12.7. The minimum atomic E-state index is 0.181. The molecule has 1 aromatic carbocycles. The van der Waals surface area contributed by atoms with Gasteiger partial charge >= 0.3 is 0 Å². The number of aromatic nitrogens is 3. The van der Waals surface area contributed by atoms with Crippen molar-refractivity contribution in [3.8, 4) is 11.1 Å². The average molecular weight is 239 g/mol. The van der Waals surface area contributed by atoms with Crippen molar-refractivity contribution in [1.82, 2.24) is 15.0 Å². The molecule has 0 saturated heterocycles. The van der Waals surface area contributed by atoms with Crippen molar-refractivity contribution < 1.29 is 0 Å². The second-order valence-corrected chi connectivity index (χ2v) is 4.18. The Kier molecular flexibility index (Phi) is 2.19. The number of nitrogens with one attached hydrogen (secondary N) is 1. The van der Waals surface area contributed by atoms with Crippen LogP contribution in [0.1, 0.15) is 5.69 Å². The smallest absolute Gasteiger partial charge is 0.223 e. The Morgan fingerprint density at radius 3 is 2.50 bits per heavy atom. The first kappa shape index (κ1) is 10.6. The van der Waals surface area contributed by atoms with Crippen LogP contribution in [0.5, 0.6) is 0 Å². The van der Waals surface area contributed by atoms with E-state index < -0.39 is 0 Å². The van der Waals surface area contributed by atoms with Gasteiger partial charge in [-0.25, -0.2) is 0 Å². The van der Waals surface area contributed by atoms with E-state index in [1.54, 1.807) is 0 Å². The molecule has 0 atom stereocenters. The predicted molar refractivity (Wildman–Crippen MR) is 72.9 cm³/mol. The summed E-state index contributed by atoms with van der Waals surface area (Å²) in [6, 6.07) is 10.0. The van der Waals surface area contributed by atoms with E-state index >= 15 is 0 Å². The van der Waals surface area contributed by atoms with Gasteiger partial charge in [0.25, 0.3) is 0 Å². The molecule has 5 nitrogen and oxygen atoms in total. The Bertz CT molecular complexity index is 715. The van der Waals surface area contributed by atoms with E-state index in [2.05, 4.69) is 15.0 Å². The normalized spacial score (nSPS) is 10.9. The zero-order valence-electron chi connectivity index (χ0n) is 9.94. The van der Waals surface area contributed by atoms with Crippen molar-refractivity contribution in [3.05, 3.63) is 36.0 Å². The molecule has 0 saturated carbocycles. The van der Waals surface area contributed by atoms with Gasteiger partial charge in [-0.1, -0.05) is 30.3 Å². The van der Waals surface area contributed by atoms with Gasteiger partial charge in [-0.2, -0.15) is 9.97 Å². The largest absolute Gasteiger partial charge is 0.383 e. The number of anilines is 2. The highest BCUT2D eigenvalue weighted by atomic mass is 15.1. The van der Waals surface area contributed by atoms with Crippen molar-refractivity contribution >= 4 is 22.8 Å². The number of benzene rings is 1. The number of nitrogen functional groups attached to an aromatic ring is 2. The summed E-state index contributed by atoms with van der Waals surface area (Å²) >= 11 is 0. The molecule has 3 rings (SSSR count).